The largest absolute Gasteiger partial charge is 0.497 e. The van der Waals surface area contributed by atoms with Crippen molar-refractivity contribution in [1.82, 2.24) is 0 Å². The number of anilines is 1. The Morgan fingerprint density at radius 2 is 1.96 bits per heavy atom. The van der Waals surface area contributed by atoms with Crippen molar-refractivity contribution in [2.75, 3.05) is 18.7 Å². The Labute approximate surface area is 145 Å². The van der Waals surface area contributed by atoms with E-state index in [9.17, 15) is 4.79 Å². The molecule has 3 aromatic rings. The summed E-state index contributed by atoms with van der Waals surface area (Å²) in [6.07, 6.45) is 0.782. The number of methoxy groups -OCH3 is 1. The Hall–Kier alpha value is -2.95. The predicted octanol–water partition coefficient (Wildman–Crippen LogP) is 3.72. The zero-order chi connectivity index (χ0) is 17.4. The highest BCUT2D eigenvalue weighted by atomic mass is 16.5. The van der Waals surface area contributed by atoms with Crippen LogP contribution in [-0.2, 0) is 13.0 Å². The number of rotatable bonds is 3. The van der Waals surface area contributed by atoms with E-state index in [4.69, 9.17) is 13.9 Å². The first-order valence-electron chi connectivity index (χ1n) is 8.30. The topological polar surface area (TPSA) is 51.9 Å². The Bertz CT molecular complexity index is 975. The molecule has 0 spiro atoms. The van der Waals surface area contributed by atoms with Crippen LogP contribution in [0.3, 0.4) is 0 Å². The summed E-state index contributed by atoms with van der Waals surface area (Å²) >= 11 is 0. The van der Waals surface area contributed by atoms with Crippen LogP contribution in [0.15, 0.2) is 51.7 Å². The molecule has 4 rings (SSSR count). The highest BCUT2D eigenvalue weighted by molar-refractivity contribution is 5.85. The summed E-state index contributed by atoms with van der Waals surface area (Å²) in [6.45, 7) is 3.10. The zero-order valence-electron chi connectivity index (χ0n) is 14.2. The van der Waals surface area contributed by atoms with Crippen molar-refractivity contribution in [2.45, 2.75) is 19.9 Å². The average Bonchev–Trinajstić information content (AvgIpc) is 2.66. The van der Waals surface area contributed by atoms with E-state index in [-0.39, 0.29) is 5.63 Å². The van der Waals surface area contributed by atoms with Gasteiger partial charge in [-0.15, -0.1) is 0 Å². The minimum atomic E-state index is -0.320. The molecule has 0 aliphatic carbocycles. The molecule has 0 bridgehead atoms. The van der Waals surface area contributed by atoms with Gasteiger partial charge < -0.3 is 18.8 Å². The molecule has 1 aliphatic heterocycles. The molecule has 0 atom stereocenters. The highest BCUT2D eigenvalue weighted by Crippen LogP contribution is 2.35. The van der Waals surface area contributed by atoms with Gasteiger partial charge in [-0.3, -0.25) is 0 Å². The summed E-state index contributed by atoms with van der Waals surface area (Å²) in [5.74, 6) is 1.58. The van der Waals surface area contributed by atoms with Crippen LogP contribution < -0.4 is 20.0 Å². The van der Waals surface area contributed by atoms with Gasteiger partial charge in [-0.2, -0.15) is 0 Å². The van der Waals surface area contributed by atoms with Gasteiger partial charge in [0.2, 0.25) is 0 Å². The Morgan fingerprint density at radius 3 is 2.68 bits per heavy atom. The molecule has 0 saturated heterocycles. The maximum atomic E-state index is 11.9. The molecule has 5 heteroatoms. The Kier molecular flexibility index (Phi) is 3.84. The third kappa shape index (κ3) is 2.71. The molecule has 0 amide bonds. The van der Waals surface area contributed by atoms with E-state index in [0.29, 0.717) is 18.9 Å². The van der Waals surface area contributed by atoms with Crippen LogP contribution in [-0.4, -0.2) is 13.8 Å². The molecule has 0 N–H and O–H groups in total. The van der Waals surface area contributed by atoms with Crippen LogP contribution in [0.5, 0.6) is 11.5 Å². The summed E-state index contributed by atoms with van der Waals surface area (Å²) in [7, 11) is 1.65. The molecular formula is C20H19NO4. The van der Waals surface area contributed by atoms with E-state index >= 15 is 0 Å². The number of ether oxygens (including phenoxy) is 2. The number of fused-ring (bicyclic) bond motifs is 3. The molecule has 2 aromatic carbocycles. The zero-order valence-corrected chi connectivity index (χ0v) is 14.2. The van der Waals surface area contributed by atoms with E-state index in [1.165, 1.54) is 0 Å². The van der Waals surface area contributed by atoms with Gasteiger partial charge >= 0.3 is 5.63 Å². The third-order valence-electron chi connectivity index (χ3n) is 4.60. The monoisotopic (exact) mass is 337 g/mol. The van der Waals surface area contributed by atoms with Crippen molar-refractivity contribution in [2.24, 2.45) is 0 Å². The first-order valence-corrected chi connectivity index (χ1v) is 8.30. The molecule has 1 aliphatic rings. The summed E-state index contributed by atoms with van der Waals surface area (Å²) in [4.78, 5) is 14.0. The van der Waals surface area contributed by atoms with Crippen LogP contribution in [0.1, 0.15) is 18.1 Å². The lowest BCUT2D eigenvalue weighted by Crippen LogP contribution is -2.32. The van der Waals surface area contributed by atoms with Crippen LogP contribution in [0.25, 0.3) is 11.0 Å². The summed E-state index contributed by atoms with van der Waals surface area (Å²) in [6, 6.07) is 13.3. The second-order valence-electron chi connectivity index (χ2n) is 6.03. The standard InChI is InChI=1S/C20H19NO4/c1-3-13-10-19(22)25-20-16(13)8-9-18-17(20)11-21(12-24-18)14-4-6-15(23-2)7-5-14/h4-10H,3,11-12H2,1-2H3. The average molecular weight is 337 g/mol. The minimum absolute atomic E-state index is 0.320. The van der Waals surface area contributed by atoms with Crippen molar-refractivity contribution in [1.29, 1.82) is 0 Å². The van der Waals surface area contributed by atoms with Gasteiger partial charge in [0.1, 0.15) is 17.1 Å². The van der Waals surface area contributed by atoms with Gasteiger partial charge in [-0.1, -0.05) is 6.92 Å². The number of aryl methyl sites for hydroxylation is 1. The number of benzene rings is 2. The second kappa shape index (κ2) is 6.16. The maximum absolute atomic E-state index is 11.9. The summed E-state index contributed by atoms with van der Waals surface area (Å²) in [5.41, 5.74) is 3.24. The molecular weight excluding hydrogens is 318 g/mol. The number of nitrogens with zero attached hydrogens (tertiary/aromatic N) is 1. The smallest absolute Gasteiger partial charge is 0.336 e. The lowest BCUT2D eigenvalue weighted by molar-refractivity contribution is 0.289. The van der Waals surface area contributed by atoms with Crippen LogP contribution in [0.2, 0.25) is 0 Å². The van der Waals surface area contributed by atoms with Gasteiger partial charge in [0.05, 0.1) is 19.2 Å². The van der Waals surface area contributed by atoms with Crippen molar-refractivity contribution >= 4 is 16.7 Å². The van der Waals surface area contributed by atoms with Gasteiger partial charge in [0.15, 0.2) is 6.73 Å². The third-order valence-corrected chi connectivity index (χ3v) is 4.60. The van der Waals surface area contributed by atoms with Crippen molar-refractivity contribution in [3.63, 3.8) is 0 Å². The minimum Gasteiger partial charge on any atom is -0.497 e. The van der Waals surface area contributed by atoms with E-state index in [2.05, 4.69) is 4.90 Å². The van der Waals surface area contributed by atoms with E-state index in [1.54, 1.807) is 13.2 Å². The molecule has 0 saturated carbocycles. The highest BCUT2D eigenvalue weighted by Gasteiger charge is 2.22. The van der Waals surface area contributed by atoms with Crippen molar-refractivity contribution in [3.05, 3.63) is 64.0 Å². The maximum Gasteiger partial charge on any atom is 0.336 e. The molecule has 1 aromatic heterocycles. The van der Waals surface area contributed by atoms with E-state index in [1.807, 2.05) is 43.3 Å². The first-order chi connectivity index (χ1) is 12.2. The van der Waals surface area contributed by atoms with Crippen LogP contribution in [0.4, 0.5) is 5.69 Å². The lowest BCUT2D eigenvalue weighted by Gasteiger charge is -2.31. The van der Waals surface area contributed by atoms with Gasteiger partial charge in [-0.25, -0.2) is 4.79 Å². The number of hydrogen-bond donors (Lipinski definition) is 0. The molecule has 0 radical (unpaired) electrons. The molecule has 5 nitrogen and oxygen atoms in total. The summed E-state index contributed by atoms with van der Waals surface area (Å²) in [5, 5.41) is 0.973. The van der Waals surface area contributed by atoms with Crippen molar-refractivity contribution in [3.8, 4) is 11.5 Å². The normalized spacial score (nSPS) is 13.4. The Morgan fingerprint density at radius 1 is 1.16 bits per heavy atom. The number of hydrogen-bond acceptors (Lipinski definition) is 5. The second-order valence-corrected chi connectivity index (χ2v) is 6.03. The fourth-order valence-corrected chi connectivity index (χ4v) is 3.25. The fourth-order valence-electron chi connectivity index (χ4n) is 3.25. The Balaban J connectivity index is 1.78. The first kappa shape index (κ1) is 15.6. The van der Waals surface area contributed by atoms with E-state index in [0.717, 1.165) is 40.1 Å². The van der Waals surface area contributed by atoms with Gasteiger partial charge in [-0.05, 0) is 48.4 Å². The van der Waals surface area contributed by atoms with Crippen molar-refractivity contribution < 1.29 is 13.9 Å². The predicted molar refractivity (Wildman–Crippen MR) is 96.5 cm³/mol. The SMILES string of the molecule is CCc1cc(=O)oc2c3c(ccc12)OCN(c1ccc(OC)cc1)C3. The molecule has 128 valence electrons. The van der Waals surface area contributed by atoms with Crippen LogP contribution in [0, 0.1) is 0 Å². The molecule has 25 heavy (non-hydrogen) atoms. The van der Waals surface area contributed by atoms with Gasteiger partial charge in [0, 0.05) is 17.1 Å². The van der Waals surface area contributed by atoms with Crippen LogP contribution >= 0.6 is 0 Å². The molecule has 2 heterocycles. The van der Waals surface area contributed by atoms with E-state index < -0.39 is 0 Å². The summed E-state index contributed by atoms with van der Waals surface area (Å²) < 4.78 is 16.7. The lowest BCUT2D eigenvalue weighted by atomic mass is 10.0. The molecule has 0 unspecified atom stereocenters. The molecule has 0 fully saturated rings. The van der Waals surface area contributed by atoms with Gasteiger partial charge in [0.25, 0.3) is 0 Å². The quantitative estimate of drug-likeness (QED) is 0.682. The fraction of sp³-hybridized carbons (Fsp3) is 0.250.